The van der Waals surface area contributed by atoms with Gasteiger partial charge in [-0.05, 0) is 43.9 Å². The van der Waals surface area contributed by atoms with Gasteiger partial charge in [0.05, 0.1) is 11.0 Å². The molecule has 1 aromatic carbocycles. The van der Waals surface area contributed by atoms with Crippen LogP contribution in [-0.4, -0.2) is 34.1 Å². The van der Waals surface area contributed by atoms with Gasteiger partial charge in [0.1, 0.15) is 5.82 Å². The van der Waals surface area contributed by atoms with Crippen LogP contribution in [0.25, 0.3) is 0 Å². The number of nitro groups is 1. The van der Waals surface area contributed by atoms with E-state index in [9.17, 15) is 14.5 Å². The number of aliphatic hydroxyl groups is 1. The quantitative estimate of drug-likeness (QED) is 0.643. The summed E-state index contributed by atoms with van der Waals surface area (Å²) in [6, 6.07) is 4.11. The maximum atomic E-state index is 13.4. The lowest BCUT2D eigenvalue weighted by Crippen LogP contribution is -2.29. The molecule has 1 N–H and O–H groups in total. The summed E-state index contributed by atoms with van der Waals surface area (Å²) in [6.07, 6.45) is 3.81. The normalized spacial score (nSPS) is 19.4. The summed E-state index contributed by atoms with van der Waals surface area (Å²) in [5.74, 6) is -0.569. The molecule has 1 fully saturated rings. The van der Waals surface area contributed by atoms with Crippen molar-refractivity contribution in [3.63, 3.8) is 0 Å². The van der Waals surface area contributed by atoms with Crippen LogP contribution in [0.5, 0.6) is 0 Å². The van der Waals surface area contributed by atoms with Crippen molar-refractivity contribution >= 4 is 5.69 Å². The summed E-state index contributed by atoms with van der Waals surface area (Å²) in [7, 11) is 0. The van der Waals surface area contributed by atoms with Gasteiger partial charge in [0, 0.05) is 25.3 Å². The predicted octanol–water partition coefficient (Wildman–Crippen LogP) is 2.47. The summed E-state index contributed by atoms with van der Waals surface area (Å²) in [6.45, 7) is 1.62. The van der Waals surface area contributed by atoms with Gasteiger partial charge in [-0.25, -0.2) is 4.39 Å². The highest BCUT2D eigenvalue weighted by molar-refractivity contribution is 5.35. The van der Waals surface area contributed by atoms with E-state index in [2.05, 4.69) is 4.90 Å². The second kappa shape index (κ2) is 6.76. The van der Waals surface area contributed by atoms with E-state index in [0.717, 1.165) is 38.3 Å². The van der Waals surface area contributed by atoms with Gasteiger partial charge in [-0.1, -0.05) is 0 Å². The number of nitrogens with zero attached hydrogens (tertiary/aromatic N) is 2. The molecule has 1 atom stereocenters. The standard InChI is InChI=1S/C14H19FN2O3/c15-12-7-11(8-14(9-12)17(19)20)10-16-5-1-3-13(16)4-2-6-18/h7-9,13,18H,1-6,10H2. The van der Waals surface area contributed by atoms with Crippen LogP contribution in [0.15, 0.2) is 18.2 Å². The van der Waals surface area contributed by atoms with Crippen LogP contribution in [-0.2, 0) is 6.54 Å². The van der Waals surface area contributed by atoms with Crippen LogP contribution in [0.1, 0.15) is 31.2 Å². The predicted molar refractivity (Wildman–Crippen MR) is 72.8 cm³/mol. The van der Waals surface area contributed by atoms with Gasteiger partial charge < -0.3 is 5.11 Å². The maximum Gasteiger partial charge on any atom is 0.272 e. The summed E-state index contributed by atoms with van der Waals surface area (Å²) >= 11 is 0. The third-order valence-corrected chi connectivity index (χ3v) is 3.73. The molecular formula is C14H19FN2O3. The molecule has 0 aromatic heterocycles. The Bertz CT molecular complexity index is 481. The van der Waals surface area contributed by atoms with Gasteiger partial charge in [-0.2, -0.15) is 0 Å². The zero-order valence-corrected chi connectivity index (χ0v) is 11.3. The molecular weight excluding hydrogens is 263 g/mol. The Morgan fingerprint density at radius 2 is 2.25 bits per heavy atom. The second-order valence-corrected chi connectivity index (χ2v) is 5.21. The monoisotopic (exact) mass is 282 g/mol. The topological polar surface area (TPSA) is 66.6 Å². The van der Waals surface area contributed by atoms with Gasteiger partial charge in [0.2, 0.25) is 0 Å². The minimum atomic E-state index is -0.570. The number of hydrogen-bond acceptors (Lipinski definition) is 4. The van der Waals surface area contributed by atoms with E-state index in [4.69, 9.17) is 5.11 Å². The van der Waals surface area contributed by atoms with Crippen molar-refractivity contribution < 1.29 is 14.4 Å². The summed E-state index contributed by atoms with van der Waals surface area (Å²) in [5, 5.41) is 19.6. The summed E-state index contributed by atoms with van der Waals surface area (Å²) in [4.78, 5) is 12.4. The number of non-ortho nitro benzene ring substituents is 1. The lowest BCUT2D eigenvalue weighted by atomic mass is 10.1. The molecule has 1 unspecified atom stereocenters. The molecule has 5 nitrogen and oxygen atoms in total. The zero-order chi connectivity index (χ0) is 14.5. The first-order chi connectivity index (χ1) is 9.60. The Kier molecular flexibility index (Phi) is 5.03. The number of aliphatic hydroxyl groups excluding tert-OH is 1. The minimum absolute atomic E-state index is 0.176. The molecule has 1 aromatic rings. The smallest absolute Gasteiger partial charge is 0.272 e. The molecule has 0 bridgehead atoms. The Morgan fingerprint density at radius 3 is 2.95 bits per heavy atom. The van der Waals surface area contributed by atoms with Crippen LogP contribution >= 0.6 is 0 Å². The van der Waals surface area contributed by atoms with E-state index in [1.165, 1.54) is 12.1 Å². The van der Waals surface area contributed by atoms with E-state index in [-0.39, 0.29) is 12.3 Å². The average Bonchev–Trinajstić information content (AvgIpc) is 2.83. The highest BCUT2D eigenvalue weighted by atomic mass is 19.1. The van der Waals surface area contributed by atoms with Gasteiger partial charge >= 0.3 is 0 Å². The first-order valence-electron chi connectivity index (χ1n) is 6.89. The molecule has 6 heteroatoms. The molecule has 1 saturated heterocycles. The Labute approximate surface area is 117 Å². The van der Waals surface area contributed by atoms with Crippen molar-refractivity contribution in [2.75, 3.05) is 13.2 Å². The highest BCUT2D eigenvalue weighted by Crippen LogP contribution is 2.25. The average molecular weight is 282 g/mol. The van der Waals surface area contributed by atoms with Crippen molar-refractivity contribution in [2.45, 2.75) is 38.3 Å². The molecule has 110 valence electrons. The van der Waals surface area contributed by atoms with Gasteiger partial charge in [-0.3, -0.25) is 15.0 Å². The molecule has 0 spiro atoms. The third kappa shape index (κ3) is 3.74. The van der Waals surface area contributed by atoms with Crippen molar-refractivity contribution in [3.05, 3.63) is 39.7 Å². The van der Waals surface area contributed by atoms with Crippen molar-refractivity contribution in [2.24, 2.45) is 0 Å². The molecule has 1 aliphatic rings. The molecule has 20 heavy (non-hydrogen) atoms. The molecule has 0 aliphatic carbocycles. The summed E-state index contributed by atoms with van der Waals surface area (Å²) < 4.78 is 13.4. The first kappa shape index (κ1) is 14.9. The van der Waals surface area contributed by atoms with E-state index in [0.29, 0.717) is 18.2 Å². The van der Waals surface area contributed by atoms with E-state index in [1.54, 1.807) is 0 Å². The largest absolute Gasteiger partial charge is 0.396 e. The number of likely N-dealkylation sites (tertiary alicyclic amines) is 1. The zero-order valence-electron chi connectivity index (χ0n) is 11.3. The third-order valence-electron chi connectivity index (χ3n) is 3.73. The van der Waals surface area contributed by atoms with Gasteiger partial charge in [0.25, 0.3) is 5.69 Å². The number of halogens is 1. The SMILES string of the molecule is O=[N+]([O-])c1cc(F)cc(CN2CCCC2CCCO)c1. The van der Waals surface area contributed by atoms with E-state index < -0.39 is 10.7 Å². The highest BCUT2D eigenvalue weighted by Gasteiger charge is 2.24. The number of benzene rings is 1. The Balaban J connectivity index is 2.07. The van der Waals surface area contributed by atoms with Crippen LogP contribution < -0.4 is 0 Å². The molecule has 1 heterocycles. The first-order valence-corrected chi connectivity index (χ1v) is 6.89. The van der Waals surface area contributed by atoms with Crippen LogP contribution in [0.4, 0.5) is 10.1 Å². The van der Waals surface area contributed by atoms with Crippen molar-refractivity contribution in [1.29, 1.82) is 0 Å². The number of rotatable bonds is 6. The van der Waals surface area contributed by atoms with Gasteiger partial charge in [0.15, 0.2) is 0 Å². The second-order valence-electron chi connectivity index (χ2n) is 5.21. The fourth-order valence-electron chi connectivity index (χ4n) is 2.82. The lowest BCUT2D eigenvalue weighted by Gasteiger charge is -2.24. The van der Waals surface area contributed by atoms with Crippen molar-refractivity contribution in [1.82, 2.24) is 4.90 Å². The maximum absolute atomic E-state index is 13.4. The molecule has 1 aliphatic heterocycles. The van der Waals surface area contributed by atoms with E-state index >= 15 is 0 Å². The molecule has 0 saturated carbocycles. The Hall–Kier alpha value is -1.53. The number of hydrogen-bond donors (Lipinski definition) is 1. The van der Waals surface area contributed by atoms with Gasteiger partial charge in [-0.15, -0.1) is 0 Å². The van der Waals surface area contributed by atoms with E-state index in [1.807, 2.05) is 0 Å². The number of nitro benzene ring substituents is 1. The molecule has 0 radical (unpaired) electrons. The van der Waals surface area contributed by atoms with Crippen molar-refractivity contribution in [3.8, 4) is 0 Å². The summed E-state index contributed by atoms with van der Waals surface area (Å²) in [5.41, 5.74) is 0.429. The fourth-order valence-corrected chi connectivity index (χ4v) is 2.82. The molecule has 2 rings (SSSR count). The molecule has 0 amide bonds. The van der Waals surface area contributed by atoms with Crippen LogP contribution in [0, 0.1) is 15.9 Å². The lowest BCUT2D eigenvalue weighted by molar-refractivity contribution is -0.385. The fraction of sp³-hybridized carbons (Fsp3) is 0.571. The van der Waals surface area contributed by atoms with Crippen LogP contribution in [0.3, 0.4) is 0 Å². The Morgan fingerprint density at radius 1 is 1.45 bits per heavy atom. The minimum Gasteiger partial charge on any atom is -0.396 e. The van der Waals surface area contributed by atoms with Crippen LogP contribution in [0.2, 0.25) is 0 Å².